The summed E-state index contributed by atoms with van der Waals surface area (Å²) < 4.78 is 0. The molecule has 2 amide bonds. The predicted molar refractivity (Wildman–Crippen MR) is 82.2 cm³/mol. The number of hydrogen-bond donors (Lipinski definition) is 1. The molecule has 1 heterocycles. The van der Waals surface area contributed by atoms with Gasteiger partial charge in [0, 0.05) is 11.1 Å². The van der Waals surface area contributed by atoms with Crippen LogP contribution in [0.1, 0.15) is 37.7 Å². The van der Waals surface area contributed by atoms with Crippen molar-refractivity contribution in [2.45, 2.75) is 32.1 Å². The van der Waals surface area contributed by atoms with E-state index in [0.29, 0.717) is 11.1 Å². The molecule has 3 heteroatoms. The second-order valence-corrected chi connectivity index (χ2v) is 5.69. The molecule has 2 aliphatic rings. The minimum atomic E-state index is -0.257. The van der Waals surface area contributed by atoms with Crippen molar-refractivity contribution >= 4 is 17.9 Å². The monoisotopic (exact) mass is 281 g/mol. The zero-order valence-corrected chi connectivity index (χ0v) is 12.0. The zero-order chi connectivity index (χ0) is 14.7. The van der Waals surface area contributed by atoms with Crippen molar-refractivity contribution < 1.29 is 9.59 Å². The molecule has 0 radical (unpaired) electrons. The van der Waals surface area contributed by atoms with E-state index in [1.807, 2.05) is 36.4 Å². The van der Waals surface area contributed by atoms with E-state index < -0.39 is 0 Å². The minimum Gasteiger partial charge on any atom is -0.288 e. The Bertz CT molecular complexity index is 607. The van der Waals surface area contributed by atoms with Gasteiger partial charge in [-0.05, 0) is 30.4 Å². The lowest BCUT2D eigenvalue weighted by Crippen LogP contribution is -2.25. The molecule has 1 saturated carbocycles. The summed E-state index contributed by atoms with van der Waals surface area (Å²) in [6.45, 7) is 0. The van der Waals surface area contributed by atoms with Gasteiger partial charge in [0.05, 0.1) is 0 Å². The Morgan fingerprint density at radius 1 is 0.905 bits per heavy atom. The Balaban J connectivity index is 1.91. The van der Waals surface area contributed by atoms with Crippen LogP contribution in [-0.4, -0.2) is 11.8 Å². The maximum atomic E-state index is 12.1. The molecule has 0 atom stereocenters. The summed E-state index contributed by atoms with van der Waals surface area (Å²) in [5, 5.41) is 2.45. The summed E-state index contributed by atoms with van der Waals surface area (Å²) in [5.74, 6) is -0.215. The normalized spacial score (nSPS) is 20.4. The molecular weight excluding hydrogens is 262 g/mol. The molecule has 3 rings (SSSR count). The number of imide groups is 1. The van der Waals surface area contributed by atoms with E-state index in [0.717, 1.165) is 31.2 Å². The van der Waals surface area contributed by atoms with Gasteiger partial charge in [0.25, 0.3) is 11.8 Å². The molecule has 1 fully saturated rings. The molecule has 0 spiro atoms. The summed E-state index contributed by atoms with van der Waals surface area (Å²) >= 11 is 0. The quantitative estimate of drug-likeness (QED) is 0.865. The van der Waals surface area contributed by atoms with Gasteiger partial charge in [-0.25, -0.2) is 0 Å². The maximum absolute atomic E-state index is 12.1. The highest BCUT2D eigenvalue weighted by atomic mass is 16.2. The number of nitrogens with one attached hydrogen (secondary N) is 1. The van der Waals surface area contributed by atoms with Crippen molar-refractivity contribution in [3.63, 3.8) is 0 Å². The van der Waals surface area contributed by atoms with Crippen molar-refractivity contribution in [2.24, 2.45) is 5.92 Å². The van der Waals surface area contributed by atoms with Crippen LogP contribution in [0.3, 0.4) is 0 Å². The van der Waals surface area contributed by atoms with Crippen LogP contribution in [0.15, 0.2) is 47.6 Å². The Morgan fingerprint density at radius 3 is 2.33 bits per heavy atom. The van der Waals surface area contributed by atoms with Gasteiger partial charge in [0.15, 0.2) is 0 Å². The van der Waals surface area contributed by atoms with Crippen molar-refractivity contribution in [3.05, 3.63) is 53.1 Å². The van der Waals surface area contributed by atoms with Gasteiger partial charge in [0.1, 0.15) is 0 Å². The van der Waals surface area contributed by atoms with Gasteiger partial charge in [0.2, 0.25) is 0 Å². The van der Waals surface area contributed by atoms with Gasteiger partial charge in [-0.2, -0.15) is 0 Å². The Kier molecular flexibility index (Phi) is 4.00. The predicted octanol–water partition coefficient (Wildman–Crippen LogP) is 3.23. The third-order valence-corrected chi connectivity index (χ3v) is 4.26. The largest absolute Gasteiger partial charge is 0.288 e. The van der Waals surface area contributed by atoms with Gasteiger partial charge in [-0.15, -0.1) is 0 Å². The standard InChI is InChI=1S/C18H19NO2/c20-17-15(12-11-13-7-3-1-4-8-13)16(18(21)19-17)14-9-5-2-6-10-14/h1,3-4,7-8,11-12,14H,2,5-6,9-10H2,(H,19,20,21). The fourth-order valence-electron chi connectivity index (χ4n) is 3.19. The summed E-state index contributed by atoms with van der Waals surface area (Å²) in [6.07, 6.45) is 9.23. The average Bonchev–Trinajstić information content (AvgIpc) is 2.81. The van der Waals surface area contributed by atoms with Crippen molar-refractivity contribution in [1.82, 2.24) is 5.32 Å². The summed E-state index contributed by atoms with van der Waals surface area (Å²) in [5.41, 5.74) is 2.28. The average molecular weight is 281 g/mol. The molecule has 0 bridgehead atoms. The molecular formula is C18H19NO2. The zero-order valence-electron chi connectivity index (χ0n) is 12.0. The first-order valence-corrected chi connectivity index (χ1v) is 7.58. The molecule has 1 aromatic carbocycles. The third-order valence-electron chi connectivity index (χ3n) is 4.26. The van der Waals surface area contributed by atoms with Crippen LogP contribution in [-0.2, 0) is 9.59 Å². The van der Waals surface area contributed by atoms with E-state index in [9.17, 15) is 9.59 Å². The lowest BCUT2D eigenvalue weighted by atomic mass is 9.82. The van der Waals surface area contributed by atoms with Crippen LogP contribution in [0.5, 0.6) is 0 Å². The second kappa shape index (κ2) is 6.08. The van der Waals surface area contributed by atoms with Crippen molar-refractivity contribution in [1.29, 1.82) is 0 Å². The fraction of sp³-hybridized carbons (Fsp3) is 0.333. The number of carbonyl (C=O) groups excluding carboxylic acids is 2. The Labute approximate surface area is 124 Å². The summed E-state index contributed by atoms with van der Waals surface area (Å²) in [4.78, 5) is 24.1. The molecule has 1 N–H and O–H groups in total. The highest BCUT2D eigenvalue weighted by Gasteiger charge is 2.34. The lowest BCUT2D eigenvalue weighted by molar-refractivity contribution is -0.124. The van der Waals surface area contributed by atoms with Crippen LogP contribution >= 0.6 is 0 Å². The van der Waals surface area contributed by atoms with E-state index in [-0.39, 0.29) is 17.7 Å². The Morgan fingerprint density at radius 2 is 1.62 bits per heavy atom. The van der Waals surface area contributed by atoms with E-state index in [4.69, 9.17) is 0 Å². The third kappa shape index (κ3) is 2.97. The highest BCUT2D eigenvalue weighted by molar-refractivity contribution is 6.21. The van der Waals surface area contributed by atoms with E-state index >= 15 is 0 Å². The maximum Gasteiger partial charge on any atom is 0.258 e. The molecule has 0 unspecified atom stereocenters. The number of amides is 2. The van der Waals surface area contributed by atoms with Crippen molar-refractivity contribution in [3.8, 4) is 0 Å². The van der Waals surface area contributed by atoms with Gasteiger partial charge in [-0.3, -0.25) is 14.9 Å². The molecule has 0 saturated heterocycles. The minimum absolute atomic E-state index is 0.195. The fourth-order valence-corrected chi connectivity index (χ4v) is 3.19. The topological polar surface area (TPSA) is 46.2 Å². The summed E-state index contributed by atoms with van der Waals surface area (Å²) in [7, 11) is 0. The van der Waals surface area contributed by atoms with Crippen LogP contribution in [0.25, 0.3) is 6.08 Å². The van der Waals surface area contributed by atoms with Crippen molar-refractivity contribution in [2.75, 3.05) is 0 Å². The molecule has 3 nitrogen and oxygen atoms in total. The number of rotatable bonds is 3. The van der Waals surface area contributed by atoms with E-state index in [1.54, 1.807) is 6.08 Å². The van der Waals surface area contributed by atoms with E-state index in [2.05, 4.69) is 5.32 Å². The number of hydrogen-bond acceptors (Lipinski definition) is 2. The summed E-state index contributed by atoms with van der Waals surface area (Å²) in [6, 6.07) is 9.82. The number of benzene rings is 1. The van der Waals surface area contributed by atoms with E-state index in [1.165, 1.54) is 6.42 Å². The molecule has 21 heavy (non-hydrogen) atoms. The van der Waals surface area contributed by atoms with Gasteiger partial charge < -0.3 is 0 Å². The molecule has 1 aromatic rings. The Hall–Kier alpha value is -2.16. The van der Waals surface area contributed by atoms with Gasteiger partial charge in [-0.1, -0.05) is 55.7 Å². The van der Waals surface area contributed by atoms with Crippen LogP contribution in [0, 0.1) is 5.92 Å². The highest BCUT2D eigenvalue weighted by Crippen LogP contribution is 2.34. The number of carbonyl (C=O) groups is 2. The first-order chi connectivity index (χ1) is 10.3. The first-order valence-electron chi connectivity index (χ1n) is 7.58. The molecule has 108 valence electrons. The smallest absolute Gasteiger partial charge is 0.258 e. The van der Waals surface area contributed by atoms with Crippen LogP contribution in [0.4, 0.5) is 0 Å². The first kappa shape index (κ1) is 13.8. The molecule has 1 aliphatic carbocycles. The SMILES string of the molecule is O=C1NC(=O)C(C2CCCCC2)=C1C=Cc1ccccc1. The van der Waals surface area contributed by atoms with Crippen LogP contribution < -0.4 is 5.32 Å². The second-order valence-electron chi connectivity index (χ2n) is 5.69. The van der Waals surface area contributed by atoms with Crippen LogP contribution in [0.2, 0.25) is 0 Å². The molecule has 0 aromatic heterocycles. The lowest BCUT2D eigenvalue weighted by Gasteiger charge is -2.21. The molecule has 1 aliphatic heterocycles. The van der Waals surface area contributed by atoms with Gasteiger partial charge >= 0.3 is 0 Å².